The normalized spacial score (nSPS) is 23.6. The fourth-order valence-electron chi connectivity index (χ4n) is 2.29. The quantitative estimate of drug-likeness (QED) is 0.614. The molecule has 1 aromatic heterocycles. The lowest BCUT2D eigenvalue weighted by atomic mass is 10.2. The standard InChI is InChI=1S/C11H13N3/c1-8-7-14-10-3-4-12-6-9(10)5-11(14)13(8)2/h3-4,6-7,11H,5H2,1-2H3. The van der Waals surface area contributed by atoms with E-state index in [9.17, 15) is 0 Å². The van der Waals surface area contributed by atoms with E-state index in [4.69, 9.17) is 0 Å². The maximum absolute atomic E-state index is 4.16. The van der Waals surface area contributed by atoms with Crippen LogP contribution in [0, 0.1) is 0 Å². The molecule has 0 saturated heterocycles. The van der Waals surface area contributed by atoms with Gasteiger partial charge in [-0.1, -0.05) is 0 Å². The van der Waals surface area contributed by atoms with Gasteiger partial charge < -0.3 is 9.80 Å². The van der Waals surface area contributed by atoms with Crippen LogP contribution >= 0.6 is 0 Å². The minimum Gasteiger partial charge on any atom is -0.356 e. The molecule has 0 saturated carbocycles. The van der Waals surface area contributed by atoms with E-state index in [0.29, 0.717) is 6.17 Å². The van der Waals surface area contributed by atoms with Crippen LogP contribution in [0.5, 0.6) is 0 Å². The molecule has 0 bridgehead atoms. The maximum Gasteiger partial charge on any atom is 0.109 e. The highest BCUT2D eigenvalue weighted by atomic mass is 15.4. The van der Waals surface area contributed by atoms with Crippen LogP contribution in [-0.4, -0.2) is 23.1 Å². The second-order valence-electron chi connectivity index (χ2n) is 3.98. The van der Waals surface area contributed by atoms with Gasteiger partial charge >= 0.3 is 0 Å². The molecule has 14 heavy (non-hydrogen) atoms. The number of nitrogens with zero attached hydrogens (tertiary/aromatic N) is 3. The first kappa shape index (κ1) is 7.85. The molecular weight excluding hydrogens is 174 g/mol. The Morgan fingerprint density at radius 1 is 1.50 bits per heavy atom. The van der Waals surface area contributed by atoms with Gasteiger partial charge in [0.15, 0.2) is 0 Å². The van der Waals surface area contributed by atoms with Crippen molar-refractivity contribution in [3.8, 4) is 0 Å². The minimum absolute atomic E-state index is 0.481. The highest BCUT2D eigenvalue weighted by Gasteiger charge is 2.35. The van der Waals surface area contributed by atoms with Crippen LogP contribution in [0.4, 0.5) is 5.69 Å². The van der Waals surface area contributed by atoms with Gasteiger partial charge in [-0.15, -0.1) is 0 Å². The Bertz CT molecular complexity index is 411. The zero-order chi connectivity index (χ0) is 9.71. The predicted molar refractivity (Wildman–Crippen MR) is 55.7 cm³/mol. The van der Waals surface area contributed by atoms with E-state index in [2.05, 4.69) is 41.0 Å². The Balaban J connectivity index is 2.09. The van der Waals surface area contributed by atoms with Gasteiger partial charge in [0.1, 0.15) is 6.17 Å². The first-order chi connectivity index (χ1) is 6.77. The van der Waals surface area contributed by atoms with Crippen LogP contribution in [0.1, 0.15) is 12.5 Å². The summed E-state index contributed by atoms with van der Waals surface area (Å²) in [5.74, 6) is 0. The lowest BCUT2D eigenvalue weighted by molar-refractivity contribution is 0.344. The highest BCUT2D eigenvalue weighted by Crippen LogP contribution is 2.37. The number of pyridine rings is 1. The summed E-state index contributed by atoms with van der Waals surface area (Å²) >= 11 is 0. The van der Waals surface area contributed by atoms with Gasteiger partial charge in [-0.2, -0.15) is 0 Å². The third-order valence-corrected chi connectivity index (χ3v) is 3.21. The van der Waals surface area contributed by atoms with Crippen LogP contribution < -0.4 is 4.90 Å². The van der Waals surface area contributed by atoms with E-state index < -0.39 is 0 Å². The molecule has 0 amide bonds. The summed E-state index contributed by atoms with van der Waals surface area (Å²) in [6, 6.07) is 2.10. The maximum atomic E-state index is 4.16. The summed E-state index contributed by atoms with van der Waals surface area (Å²) in [5, 5.41) is 0. The van der Waals surface area contributed by atoms with Crippen molar-refractivity contribution in [2.75, 3.05) is 11.9 Å². The molecule has 3 rings (SSSR count). The zero-order valence-corrected chi connectivity index (χ0v) is 8.44. The van der Waals surface area contributed by atoms with Crippen molar-refractivity contribution in [2.24, 2.45) is 0 Å². The second-order valence-corrected chi connectivity index (χ2v) is 3.98. The summed E-state index contributed by atoms with van der Waals surface area (Å²) < 4.78 is 0. The Morgan fingerprint density at radius 2 is 2.36 bits per heavy atom. The van der Waals surface area contributed by atoms with Gasteiger partial charge in [-0.3, -0.25) is 4.98 Å². The fraction of sp³-hybridized carbons (Fsp3) is 0.364. The average Bonchev–Trinajstić information content (AvgIpc) is 2.67. The van der Waals surface area contributed by atoms with Gasteiger partial charge in [0.25, 0.3) is 0 Å². The average molecular weight is 187 g/mol. The Morgan fingerprint density at radius 3 is 3.21 bits per heavy atom. The number of allylic oxidation sites excluding steroid dienone is 1. The molecule has 0 radical (unpaired) electrons. The molecule has 0 N–H and O–H groups in total. The molecule has 2 aliphatic rings. The van der Waals surface area contributed by atoms with Crippen LogP contribution in [0.3, 0.4) is 0 Å². The summed E-state index contributed by atoms with van der Waals surface area (Å²) in [4.78, 5) is 8.82. The van der Waals surface area contributed by atoms with Crippen molar-refractivity contribution < 1.29 is 0 Å². The SMILES string of the molecule is CC1=CN2c3ccncc3CC2N1C. The van der Waals surface area contributed by atoms with E-state index in [1.807, 2.05) is 12.4 Å². The molecule has 3 heterocycles. The molecule has 0 fully saturated rings. The number of likely N-dealkylation sites (N-methyl/N-ethyl adjacent to an activating group) is 1. The molecule has 1 unspecified atom stereocenters. The van der Waals surface area contributed by atoms with Crippen LogP contribution in [0.15, 0.2) is 30.4 Å². The molecule has 1 aromatic rings. The third kappa shape index (κ3) is 0.842. The lowest BCUT2D eigenvalue weighted by Crippen LogP contribution is -2.34. The van der Waals surface area contributed by atoms with Crippen LogP contribution in [-0.2, 0) is 6.42 Å². The third-order valence-electron chi connectivity index (χ3n) is 3.21. The van der Waals surface area contributed by atoms with Crippen molar-refractivity contribution in [1.82, 2.24) is 9.88 Å². The molecule has 1 atom stereocenters. The number of aromatic nitrogens is 1. The van der Waals surface area contributed by atoms with Crippen LogP contribution in [0.2, 0.25) is 0 Å². The van der Waals surface area contributed by atoms with Gasteiger partial charge in [0.2, 0.25) is 0 Å². The van der Waals surface area contributed by atoms with Gasteiger partial charge in [0, 0.05) is 43.4 Å². The smallest absolute Gasteiger partial charge is 0.109 e. The number of hydrogen-bond acceptors (Lipinski definition) is 3. The molecule has 0 aliphatic carbocycles. The zero-order valence-electron chi connectivity index (χ0n) is 8.44. The first-order valence-electron chi connectivity index (χ1n) is 4.90. The van der Waals surface area contributed by atoms with E-state index in [1.54, 1.807) is 0 Å². The highest BCUT2D eigenvalue weighted by molar-refractivity contribution is 5.62. The van der Waals surface area contributed by atoms with Crippen LogP contribution in [0.25, 0.3) is 0 Å². The number of hydrogen-bond donors (Lipinski definition) is 0. The van der Waals surface area contributed by atoms with Gasteiger partial charge in [-0.25, -0.2) is 0 Å². The topological polar surface area (TPSA) is 19.4 Å². The summed E-state index contributed by atoms with van der Waals surface area (Å²) in [7, 11) is 2.15. The second kappa shape index (κ2) is 2.50. The molecule has 3 heteroatoms. The Hall–Kier alpha value is -1.51. The summed E-state index contributed by atoms with van der Waals surface area (Å²) in [6.45, 7) is 2.15. The first-order valence-corrected chi connectivity index (χ1v) is 4.90. The molecule has 0 aromatic carbocycles. The monoisotopic (exact) mass is 187 g/mol. The number of fused-ring (bicyclic) bond motifs is 3. The molecule has 0 spiro atoms. The predicted octanol–water partition coefficient (Wildman–Crippen LogP) is 1.58. The summed E-state index contributed by atoms with van der Waals surface area (Å²) in [6.07, 6.45) is 7.62. The molecule has 2 aliphatic heterocycles. The molecule has 3 nitrogen and oxygen atoms in total. The molecular formula is C11H13N3. The van der Waals surface area contributed by atoms with Crippen molar-refractivity contribution in [1.29, 1.82) is 0 Å². The molecule has 72 valence electrons. The van der Waals surface area contributed by atoms with Gasteiger partial charge in [0.05, 0.1) is 0 Å². The summed E-state index contributed by atoms with van der Waals surface area (Å²) in [5.41, 5.74) is 4.00. The van der Waals surface area contributed by atoms with Crippen molar-refractivity contribution in [2.45, 2.75) is 19.5 Å². The number of anilines is 1. The fourth-order valence-corrected chi connectivity index (χ4v) is 2.29. The van der Waals surface area contributed by atoms with E-state index >= 15 is 0 Å². The number of rotatable bonds is 0. The van der Waals surface area contributed by atoms with Crippen molar-refractivity contribution in [3.05, 3.63) is 35.9 Å². The van der Waals surface area contributed by atoms with Crippen molar-refractivity contribution >= 4 is 5.69 Å². The van der Waals surface area contributed by atoms with E-state index in [-0.39, 0.29) is 0 Å². The minimum atomic E-state index is 0.481. The van der Waals surface area contributed by atoms with E-state index in [0.717, 1.165) is 6.42 Å². The van der Waals surface area contributed by atoms with Crippen molar-refractivity contribution in [3.63, 3.8) is 0 Å². The Kier molecular flexibility index (Phi) is 1.40. The van der Waals surface area contributed by atoms with E-state index in [1.165, 1.54) is 16.9 Å². The Labute approximate surface area is 83.7 Å². The lowest BCUT2D eigenvalue weighted by Gasteiger charge is -2.24. The van der Waals surface area contributed by atoms with Gasteiger partial charge in [-0.05, 0) is 18.6 Å². The largest absolute Gasteiger partial charge is 0.356 e.